The smallest absolute Gasteiger partial charge is 0.462 e. The number of carbonyl (C=O) groups excluding carboxylic acids is 2. The van der Waals surface area contributed by atoms with Gasteiger partial charge in [0.25, 0.3) is 0 Å². The first-order valence-corrected chi connectivity index (χ1v) is 20.3. The minimum atomic E-state index is -4.35. The van der Waals surface area contributed by atoms with E-state index >= 15 is 0 Å². The number of unbranched alkanes of at least 4 members (excludes halogenated alkanes) is 20. The van der Waals surface area contributed by atoms with E-state index in [-0.39, 0.29) is 25.6 Å². The van der Waals surface area contributed by atoms with Gasteiger partial charge in [-0.25, -0.2) is 4.57 Å². The van der Waals surface area contributed by atoms with Crippen molar-refractivity contribution in [2.75, 3.05) is 47.5 Å². The van der Waals surface area contributed by atoms with Gasteiger partial charge in [-0.2, -0.15) is 0 Å². The van der Waals surface area contributed by atoms with E-state index in [1.807, 2.05) is 21.1 Å². The molecule has 0 amide bonds. The molecule has 1 N–H and O–H groups in total. The molecule has 0 fully saturated rings. The maximum absolute atomic E-state index is 12.5. The van der Waals surface area contributed by atoms with Crippen LogP contribution in [0.2, 0.25) is 0 Å². The molecule has 0 aliphatic carbocycles. The van der Waals surface area contributed by atoms with Crippen LogP contribution >= 0.6 is 7.82 Å². The van der Waals surface area contributed by atoms with Crippen LogP contribution in [-0.4, -0.2) is 74.9 Å². The average Bonchev–Trinajstić information content (AvgIpc) is 2.99. The second kappa shape index (κ2) is 30.1. The number of esters is 2. The molecule has 0 saturated heterocycles. The summed E-state index contributed by atoms with van der Waals surface area (Å²) in [6.07, 6.45) is 25.9. The SMILES string of the molecule is CCCCCCCCCCCCCCCCCC(=O)OC[C@@H](COP(=O)(O)OCC[N+](C)(C)C)OC(=O)CCCCCCCCC. The van der Waals surface area contributed by atoms with Gasteiger partial charge in [-0.3, -0.25) is 18.6 Å². The zero-order chi connectivity index (χ0) is 34.4. The van der Waals surface area contributed by atoms with Crippen molar-refractivity contribution in [2.45, 2.75) is 174 Å². The van der Waals surface area contributed by atoms with Crippen LogP contribution in [0.15, 0.2) is 0 Å². The lowest BCUT2D eigenvalue weighted by Crippen LogP contribution is -2.37. The fraction of sp³-hybridized carbons (Fsp3) is 0.944. The van der Waals surface area contributed by atoms with E-state index in [0.29, 0.717) is 23.9 Å². The number of rotatable bonds is 34. The predicted molar refractivity (Wildman–Crippen MR) is 188 cm³/mol. The van der Waals surface area contributed by atoms with Gasteiger partial charge in [0.1, 0.15) is 19.8 Å². The molecule has 0 spiro atoms. The largest absolute Gasteiger partial charge is 0.472 e. The van der Waals surface area contributed by atoms with Crippen molar-refractivity contribution < 1.29 is 42.1 Å². The number of likely N-dealkylation sites (N-methyl/N-ethyl adjacent to an activating group) is 1. The normalized spacial score (nSPS) is 13.8. The summed E-state index contributed by atoms with van der Waals surface area (Å²) in [6, 6.07) is 0. The summed E-state index contributed by atoms with van der Waals surface area (Å²) in [7, 11) is 1.49. The lowest BCUT2D eigenvalue weighted by atomic mass is 10.0. The molecule has 0 aliphatic rings. The Bertz CT molecular complexity index is 774. The monoisotopic (exact) mass is 679 g/mol. The maximum Gasteiger partial charge on any atom is 0.472 e. The molecule has 0 heterocycles. The number of phosphoric acid groups is 1. The van der Waals surface area contributed by atoms with Gasteiger partial charge in [0.15, 0.2) is 6.10 Å². The third kappa shape index (κ3) is 32.9. The van der Waals surface area contributed by atoms with Crippen LogP contribution in [0.5, 0.6) is 0 Å². The molecule has 0 bridgehead atoms. The highest BCUT2D eigenvalue weighted by Gasteiger charge is 2.27. The fourth-order valence-corrected chi connectivity index (χ4v) is 5.87. The number of carbonyl (C=O) groups is 2. The summed E-state index contributed by atoms with van der Waals surface area (Å²) in [5.41, 5.74) is 0. The van der Waals surface area contributed by atoms with Crippen LogP contribution < -0.4 is 0 Å². The van der Waals surface area contributed by atoms with Crippen molar-refractivity contribution in [2.24, 2.45) is 0 Å². The van der Waals surface area contributed by atoms with Crippen LogP contribution in [0.1, 0.15) is 168 Å². The van der Waals surface area contributed by atoms with Crippen molar-refractivity contribution in [1.29, 1.82) is 0 Å². The van der Waals surface area contributed by atoms with Gasteiger partial charge >= 0.3 is 19.8 Å². The lowest BCUT2D eigenvalue weighted by Gasteiger charge is -2.24. The average molecular weight is 679 g/mol. The van der Waals surface area contributed by atoms with Gasteiger partial charge in [-0.1, -0.05) is 142 Å². The Kier molecular flexibility index (Phi) is 29.4. The van der Waals surface area contributed by atoms with Crippen molar-refractivity contribution >= 4 is 19.8 Å². The molecular formula is C36H73NO8P+. The Labute approximate surface area is 283 Å². The van der Waals surface area contributed by atoms with E-state index in [2.05, 4.69) is 13.8 Å². The minimum Gasteiger partial charge on any atom is -0.462 e. The Hall–Kier alpha value is -0.990. The van der Waals surface area contributed by atoms with E-state index < -0.39 is 26.5 Å². The van der Waals surface area contributed by atoms with E-state index in [1.54, 1.807) is 0 Å². The second-order valence-corrected chi connectivity index (χ2v) is 15.4. The molecule has 1 unspecified atom stereocenters. The summed E-state index contributed by atoms with van der Waals surface area (Å²) in [4.78, 5) is 35.0. The number of ether oxygens (including phenoxy) is 2. The Morgan fingerprint density at radius 3 is 1.39 bits per heavy atom. The topological polar surface area (TPSA) is 108 Å². The number of nitrogens with zero attached hydrogens (tertiary/aromatic N) is 1. The fourth-order valence-electron chi connectivity index (χ4n) is 5.13. The Morgan fingerprint density at radius 2 is 0.978 bits per heavy atom. The van der Waals surface area contributed by atoms with Gasteiger partial charge in [-0.05, 0) is 12.8 Å². The first-order valence-electron chi connectivity index (χ1n) is 18.8. The van der Waals surface area contributed by atoms with Gasteiger partial charge in [0.2, 0.25) is 0 Å². The molecule has 10 heteroatoms. The quantitative estimate of drug-likeness (QED) is 0.0310. The van der Waals surface area contributed by atoms with Crippen molar-refractivity contribution in [3.05, 3.63) is 0 Å². The van der Waals surface area contributed by atoms with Gasteiger partial charge in [0.05, 0.1) is 27.7 Å². The van der Waals surface area contributed by atoms with Crippen molar-refractivity contribution in [3.8, 4) is 0 Å². The lowest BCUT2D eigenvalue weighted by molar-refractivity contribution is -0.870. The van der Waals surface area contributed by atoms with Crippen LogP contribution in [0.4, 0.5) is 0 Å². The molecule has 0 radical (unpaired) electrons. The van der Waals surface area contributed by atoms with Crippen molar-refractivity contribution in [1.82, 2.24) is 0 Å². The van der Waals surface area contributed by atoms with Crippen LogP contribution in [-0.2, 0) is 32.7 Å². The zero-order valence-electron chi connectivity index (χ0n) is 30.6. The predicted octanol–water partition coefficient (Wildman–Crippen LogP) is 9.68. The molecule has 0 rings (SSSR count). The number of hydrogen-bond donors (Lipinski definition) is 1. The molecule has 0 saturated carbocycles. The minimum absolute atomic E-state index is 0.0359. The first kappa shape index (κ1) is 45.0. The van der Waals surface area contributed by atoms with E-state index in [1.165, 1.54) is 96.3 Å². The zero-order valence-corrected chi connectivity index (χ0v) is 31.5. The maximum atomic E-state index is 12.5. The summed E-state index contributed by atoms with van der Waals surface area (Å²) < 4.78 is 34.0. The molecule has 2 atom stereocenters. The van der Waals surface area contributed by atoms with Crippen LogP contribution in [0.3, 0.4) is 0 Å². The van der Waals surface area contributed by atoms with Gasteiger partial charge in [-0.15, -0.1) is 0 Å². The summed E-state index contributed by atoms with van der Waals surface area (Å²) >= 11 is 0. The molecule has 0 aromatic rings. The highest BCUT2D eigenvalue weighted by molar-refractivity contribution is 7.47. The third-order valence-corrected chi connectivity index (χ3v) is 9.12. The van der Waals surface area contributed by atoms with Crippen molar-refractivity contribution in [3.63, 3.8) is 0 Å². The molecule has 0 aromatic carbocycles. The van der Waals surface area contributed by atoms with Gasteiger partial charge < -0.3 is 18.9 Å². The summed E-state index contributed by atoms with van der Waals surface area (Å²) in [5.74, 6) is -0.798. The highest BCUT2D eigenvalue weighted by Crippen LogP contribution is 2.43. The van der Waals surface area contributed by atoms with E-state index in [0.717, 1.165) is 38.5 Å². The Morgan fingerprint density at radius 1 is 0.587 bits per heavy atom. The first-order chi connectivity index (χ1) is 22.0. The molecular weight excluding hydrogens is 605 g/mol. The van der Waals surface area contributed by atoms with Gasteiger partial charge in [0, 0.05) is 12.8 Å². The number of quaternary nitrogens is 1. The second-order valence-electron chi connectivity index (χ2n) is 14.0. The van der Waals surface area contributed by atoms with Crippen LogP contribution in [0, 0.1) is 0 Å². The van der Waals surface area contributed by atoms with E-state index in [9.17, 15) is 19.0 Å². The highest BCUT2D eigenvalue weighted by atomic mass is 31.2. The molecule has 9 nitrogen and oxygen atoms in total. The number of hydrogen-bond acceptors (Lipinski definition) is 7. The molecule has 0 aliphatic heterocycles. The van der Waals surface area contributed by atoms with E-state index in [4.69, 9.17) is 18.5 Å². The Balaban J connectivity index is 4.31. The van der Waals surface area contributed by atoms with Crippen LogP contribution in [0.25, 0.3) is 0 Å². The molecule has 274 valence electrons. The summed E-state index contributed by atoms with van der Waals surface area (Å²) in [6.45, 7) is 4.37. The number of phosphoric ester groups is 1. The molecule has 46 heavy (non-hydrogen) atoms. The third-order valence-electron chi connectivity index (χ3n) is 8.14. The summed E-state index contributed by atoms with van der Waals surface area (Å²) in [5, 5.41) is 0. The molecule has 0 aromatic heterocycles. The standard InChI is InChI=1S/C36H72NO8P/c1-6-8-10-12-14-15-16-17-18-19-20-21-23-24-26-28-35(38)42-32-34(33-44-46(40,41)43-31-30-37(3,4)5)45-36(39)29-27-25-22-13-11-9-7-2/h34H,6-33H2,1-5H3/p+1/t34-/m0/s1.